The van der Waals surface area contributed by atoms with Crippen LogP contribution < -0.4 is 11.1 Å². The molecule has 0 aliphatic carbocycles. The molecule has 0 unspecified atom stereocenters. The molecule has 114 valence electrons. The first kappa shape index (κ1) is 14.5. The number of hydrogen-bond acceptors (Lipinski definition) is 7. The molecule has 3 aromatic rings. The molecule has 0 radical (unpaired) electrons. The van der Waals surface area contributed by atoms with E-state index in [0.717, 1.165) is 18.1 Å². The number of hydrogen-bond donors (Lipinski definition) is 2. The summed E-state index contributed by atoms with van der Waals surface area (Å²) in [7, 11) is 0. The number of aryl methyl sites for hydroxylation is 1. The lowest BCUT2D eigenvalue weighted by Gasteiger charge is -2.08. The Balaban J connectivity index is 1.62. The standard InChI is InChI=1S/C15H17N5OS/c1-9-4-3-5-11(10(9)2)6-7-17-15-18-12(8-22-15)13-14(16)20-21-19-13/h3-5,8H,6-7H2,1-2H3,(H2,16,20)(H,17,18). The largest absolute Gasteiger partial charge is 0.379 e. The van der Waals surface area contributed by atoms with Crippen LogP contribution >= 0.6 is 11.3 Å². The first-order valence-electron chi connectivity index (χ1n) is 6.98. The van der Waals surface area contributed by atoms with Gasteiger partial charge in [-0.05, 0) is 47.3 Å². The van der Waals surface area contributed by atoms with Gasteiger partial charge in [0.15, 0.2) is 16.6 Å². The molecule has 2 heterocycles. The van der Waals surface area contributed by atoms with E-state index in [1.54, 1.807) is 0 Å². The molecule has 0 bridgehead atoms. The molecule has 0 aliphatic heterocycles. The van der Waals surface area contributed by atoms with E-state index in [4.69, 9.17) is 5.73 Å². The third-order valence-corrected chi connectivity index (χ3v) is 4.45. The summed E-state index contributed by atoms with van der Waals surface area (Å²) in [5, 5.41) is 13.4. The summed E-state index contributed by atoms with van der Waals surface area (Å²) in [6.45, 7) is 5.12. The van der Waals surface area contributed by atoms with Crippen molar-refractivity contribution in [2.45, 2.75) is 20.3 Å². The molecule has 6 nitrogen and oxygen atoms in total. The fraction of sp³-hybridized carbons (Fsp3) is 0.267. The van der Waals surface area contributed by atoms with Crippen LogP contribution in [0.5, 0.6) is 0 Å². The summed E-state index contributed by atoms with van der Waals surface area (Å²) in [6, 6.07) is 6.40. The predicted molar refractivity (Wildman–Crippen MR) is 87.9 cm³/mol. The van der Waals surface area contributed by atoms with Gasteiger partial charge in [0.25, 0.3) is 0 Å². The number of nitrogens with zero attached hydrogens (tertiary/aromatic N) is 3. The Hall–Kier alpha value is -2.41. The highest BCUT2D eigenvalue weighted by atomic mass is 32.1. The van der Waals surface area contributed by atoms with E-state index < -0.39 is 0 Å². The number of anilines is 2. The van der Waals surface area contributed by atoms with Gasteiger partial charge in [-0.3, -0.25) is 0 Å². The van der Waals surface area contributed by atoms with E-state index in [1.165, 1.54) is 28.0 Å². The molecule has 0 saturated heterocycles. The van der Waals surface area contributed by atoms with Gasteiger partial charge in [0.2, 0.25) is 0 Å². The highest BCUT2D eigenvalue weighted by Gasteiger charge is 2.13. The highest BCUT2D eigenvalue weighted by Crippen LogP contribution is 2.26. The Morgan fingerprint density at radius 2 is 2.14 bits per heavy atom. The third kappa shape index (κ3) is 2.94. The summed E-state index contributed by atoms with van der Waals surface area (Å²) in [6.07, 6.45) is 0.954. The average Bonchev–Trinajstić information content (AvgIpc) is 3.12. The minimum absolute atomic E-state index is 0.257. The van der Waals surface area contributed by atoms with E-state index in [0.29, 0.717) is 11.4 Å². The van der Waals surface area contributed by atoms with Gasteiger partial charge in [-0.25, -0.2) is 9.61 Å². The molecule has 0 amide bonds. The van der Waals surface area contributed by atoms with E-state index in [2.05, 4.69) is 57.3 Å². The molecule has 0 fully saturated rings. The van der Waals surface area contributed by atoms with E-state index >= 15 is 0 Å². The van der Waals surface area contributed by atoms with Crippen LogP contribution in [0.25, 0.3) is 11.4 Å². The van der Waals surface area contributed by atoms with Crippen LogP contribution in [0.3, 0.4) is 0 Å². The molecular weight excluding hydrogens is 298 g/mol. The van der Waals surface area contributed by atoms with Crippen LogP contribution in [-0.4, -0.2) is 21.8 Å². The Morgan fingerprint density at radius 3 is 2.91 bits per heavy atom. The number of thiazole rings is 1. The Kier molecular flexibility index (Phi) is 4.06. The number of aromatic nitrogens is 3. The molecule has 0 saturated carbocycles. The summed E-state index contributed by atoms with van der Waals surface area (Å²) < 4.78 is 4.59. The molecule has 2 aromatic heterocycles. The monoisotopic (exact) mass is 315 g/mol. The second-order valence-electron chi connectivity index (χ2n) is 5.07. The zero-order valence-electron chi connectivity index (χ0n) is 12.5. The second-order valence-corrected chi connectivity index (χ2v) is 5.93. The zero-order chi connectivity index (χ0) is 15.5. The van der Waals surface area contributed by atoms with Crippen LogP contribution in [0.15, 0.2) is 28.2 Å². The van der Waals surface area contributed by atoms with Crippen LogP contribution in [-0.2, 0) is 6.42 Å². The van der Waals surface area contributed by atoms with Crippen molar-refractivity contribution in [2.75, 3.05) is 17.6 Å². The molecule has 22 heavy (non-hydrogen) atoms. The molecule has 0 aliphatic rings. The lowest BCUT2D eigenvalue weighted by Crippen LogP contribution is -2.06. The SMILES string of the molecule is Cc1cccc(CCNc2nc(-c3nonc3N)cs2)c1C. The van der Waals surface area contributed by atoms with E-state index in [-0.39, 0.29) is 5.82 Å². The molecule has 3 rings (SSSR count). The fourth-order valence-corrected chi connectivity index (χ4v) is 2.95. The van der Waals surface area contributed by atoms with Gasteiger partial charge in [-0.15, -0.1) is 11.3 Å². The lowest BCUT2D eigenvalue weighted by atomic mass is 10.0. The fourth-order valence-electron chi connectivity index (χ4n) is 2.22. The van der Waals surface area contributed by atoms with Gasteiger partial charge < -0.3 is 11.1 Å². The molecule has 7 heteroatoms. The minimum Gasteiger partial charge on any atom is -0.379 e. The van der Waals surface area contributed by atoms with E-state index in [1.807, 2.05) is 5.38 Å². The van der Waals surface area contributed by atoms with Gasteiger partial charge in [0, 0.05) is 11.9 Å². The predicted octanol–water partition coefficient (Wildman–Crippen LogP) is 3.05. The van der Waals surface area contributed by atoms with Gasteiger partial charge in [0.05, 0.1) is 0 Å². The van der Waals surface area contributed by atoms with Crippen molar-refractivity contribution in [2.24, 2.45) is 0 Å². The van der Waals surface area contributed by atoms with Gasteiger partial charge in [-0.2, -0.15) is 0 Å². The second kappa shape index (κ2) is 6.15. The number of nitrogens with one attached hydrogen (secondary N) is 1. The van der Waals surface area contributed by atoms with Crippen molar-refractivity contribution in [1.29, 1.82) is 0 Å². The van der Waals surface area contributed by atoms with Crippen molar-refractivity contribution in [3.05, 3.63) is 40.3 Å². The highest BCUT2D eigenvalue weighted by molar-refractivity contribution is 7.14. The average molecular weight is 315 g/mol. The van der Waals surface area contributed by atoms with Crippen molar-refractivity contribution in [3.63, 3.8) is 0 Å². The van der Waals surface area contributed by atoms with Crippen molar-refractivity contribution >= 4 is 22.3 Å². The smallest absolute Gasteiger partial charge is 0.198 e. The molecule has 1 aromatic carbocycles. The molecule has 0 atom stereocenters. The molecule has 0 spiro atoms. The number of nitrogen functional groups attached to an aromatic ring is 1. The first-order valence-corrected chi connectivity index (χ1v) is 7.86. The Morgan fingerprint density at radius 1 is 1.27 bits per heavy atom. The first-order chi connectivity index (χ1) is 10.6. The maximum absolute atomic E-state index is 5.67. The minimum atomic E-state index is 0.257. The number of rotatable bonds is 5. The molecular formula is C15H17N5OS. The Labute approximate surface area is 132 Å². The van der Waals surface area contributed by atoms with Crippen LogP contribution in [0.1, 0.15) is 16.7 Å². The summed E-state index contributed by atoms with van der Waals surface area (Å²) in [5.41, 5.74) is 10.9. The number of nitrogens with two attached hydrogens (primary N) is 1. The summed E-state index contributed by atoms with van der Waals surface area (Å²) >= 11 is 1.51. The topological polar surface area (TPSA) is 89.9 Å². The zero-order valence-corrected chi connectivity index (χ0v) is 13.3. The summed E-state index contributed by atoms with van der Waals surface area (Å²) in [5.74, 6) is 0.257. The maximum atomic E-state index is 5.67. The van der Waals surface area contributed by atoms with Crippen LogP contribution in [0.2, 0.25) is 0 Å². The Bertz CT molecular complexity index is 780. The number of benzene rings is 1. The third-order valence-electron chi connectivity index (χ3n) is 3.65. The van der Waals surface area contributed by atoms with Crippen LogP contribution in [0, 0.1) is 13.8 Å². The van der Waals surface area contributed by atoms with Crippen molar-refractivity contribution < 1.29 is 4.63 Å². The van der Waals surface area contributed by atoms with E-state index in [9.17, 15) is 0 Å². The lowest BCUT2D eigenvalue weighted by molar-refractivity contribution is 0.310. The normalized spacial score (nSPS) is 10.8. The molecule has 3 N–H and O–H groups in total. The van der Waals surface area contributed by atoms with Crippen molar-refractivity contribution in [1.82, 2.24) is 15.3 Å². The van der Waals surface area contributed by atoms with Crippen molar-refractivity contribution in [3.8, 4) is 11.4 Å². The quantitative estimate of drug-likeness (QED) is 0.752. The van der Waals surface area contributed by atoms with Gasteiger partial charge in [0.1, 0.15) is 5.69 Å². The van der Waals surface area contributed by atoms with Crippen LogP contribution in [0.4, 0.5) is 10.9 Å². The maximum Gasteiger partial charge on any atom is 0.198 e. The summed E-state index contributed by atoms with van der Waals surface area (Å²) in [4.78, 5) is 4.45. The van der Waals surface area contributed by atoms with Gasteiger partial charge in [-0.1, -0.05) is 18.2 Å². The van der Waals surface area contributed by atoms with Gasteiger partial charge >= 0.3 is 0 Å².